The number of carbonyl (C=O) groups excluding carboxylic acids is 2. The van der Waals surface area contributed by atoms with E-state index in [1.165, 1.54) is 11.8 Å². The minimum atomic E-state index is -0.374. The second-order valence-electron chi connectivity index (χ2n) is 5.25. The number of para-hydroxylation sites is 1. The maximum Gasteiger partial charge on any atom is 0.316 e. The molecule has 1 N–H and O–H groups in total. The highest BCUT2D eigenvalue weighted by Gasteiger charge is 2.09. The Balaban J connectivity index is 1.69. The molecule has 0 atom stereocenters. The fourth-order valence-electron chi connectivity index (χ4n) is 2.08. The van der Waals surface area contributed by atoms with E-state index in [9.17, 15) is 9.59 Å². The molecule has 0 spiro atoms. The summed E-state index contributed by atoms with van der Waals surface area (Å²) in [5, 5.41) is 3.34. The summed E-state index contributed by atoms with van der Waals surface area (Å²) in [7, 11) is 0. The standard InChI is InChI=1S/C19H20ClNO4S/c1-2-24-17-6-4-3-5-14(17)11-25-19(23)13-26-12-18(22)21-16-9-7-15(20)8-10-16/h3-10H,2,11-13H2,1H3,(H,21,22). The van der Waals surface area contributed by atoms with Gasteiger partial charge in [-0.05, 0) is 37.3 Å². The van der Waals surface area contributed by atoms with Crippen LogP contribution in [0.2, 0.25) is 5.02 Å². The summed E-state index contributed by atoms with van der Waals surface area (Å²) in [5.74, 6) is 0.406. The van der Waals surface area contributed by atoms with Gasteiger partial charge in [-0.3, -0.25) is 9.59 Å². The molecule has 2 rings (SSSR count). The third kappa shape index (κ3) is 6.98. The normalized spacial score (nSPS) is 10.2. The van der Waals surface area contributed by atoms with Gasteiger partial charge in [0.1, 0.15) is 12.4 Å². The van der Waals surface area contributed by atoms with Gasteiger partial charge in [0.2, 0.25) is 5.91 Å². The number of benzene rings is 2. The zero-order valence-corrected chi connectivity index (χ0v) is 15.9. The molecule has 0 bridgehead atoms. The monoisotopic (exact) mass is 393 g/mol. The molecule has 0 radical (unpaired) electrons. The first-order valence-corrected chi connectivity index (χ1v) is 9.61. The van der Waals surface area contributed by atoms with E-state index in [1.807, 2.05) is 31.2 Å². The van der Waals surface area contributed by atoms with Crippen molar-refractivity contribution in [3.05, 3.63) is 59.1 Å². The van der Waals surface area contributed by atoms with Crippen LogP contribution in [0.4, 0.5) is 5.69 Å². The molecule has 0 aliphatic heterocycles. The minimum Gasteiger partial charge on any atom is -0.493 e. The van der Waals surface area contributed by atoms with Crippen molar-refractivity contribution in [1.29, 1.82) is 0 Å². The van der Waals surface area contributed by atoms with E-state index in [2.05, 4.69) is 5.32 Å². The quantitative estimate of drug-likeness (QED) is 0.648. The van der Waals surface area contributed by atoms with Gasteiger partial charge in [0.15, 0.2) is 0 Å². The van der Waals surface area contributed by atoms with Crippen molar-refractivity contribution >= 4 is 40.9 Å². The van der Waals surface area contributed by atoms with Crippen LogP contribution in [0.15, 0.2) is 48.5 Å². The first-order valence-electron chi connectivity index (χ1n) is 8.08. The number of nitrogens with one attached hydrogen (secondary N) is 1. The first-order chi connectivity index (χ1) is 12.6. The van der Waals surface area contributed by atoms with Gasteiger partial charge in [-0.25, -0.2) is 0 Å². The van der Waals surface area contributed by atoms with Crippen LogP contribution >= 0.6 is 23.4 Å². The van der Waals surface area contributed by atoms with Gasteiger partial charge in [-0.2, -0.15) is 0 Å². The first kappa shape index (κ1) is 20.1. The summed E-state index contributed by atoms with van der Waals surface area (Å²) in [4.78, 5) is 23.7. The maximum absolute atomic E-state index is 11.8. The molecular formula is C19H20ClNO4S. The number of hydrogen-bond acceptors (Lipinski definition) is 5. The molecule has 0 fully saturated rings. The molecule has 7 heteroatoms. The van der Waals surface area contributed by atoms with E-state index in [4.69, 9.17) is 21.1 Å². The fourth-order valence-corrected chi connectivity index (χ4v) is 2.81. The molecule has 0 aliphatic carbocycles. The van der Waals surface area contributed by atoms with Crippen molar-refractivity contribution in [3.63, 3.8) is 0 Å². The number of carbonyl (C=O) groups is 2. The average Bonchev–Trinajstić information content (AvgIpc) is 2.63. The summed E-state index contributed by atoms with van der Waals surface area (Å²) in [6.45, 7) is 2.59. The van der Waals surface area contributed by atoms with E-state index in [0.29, 0.717) is 23.1 Å². The van der Waals surface area contributed by atoms with Gasteiger partial charge in [0, 0.05) is 16.3 Å². The van der Waals surface area contributed by atoms with Gasteiger partial charge >= 0.3 is 5.97 Å². The van der Waals surface area contributed by atoms with Crippen molar-refractivity contribution in [2.45, 2.75) is 13.5 Å². The Kier molecular flexibility index (Phi) is 8.31. The van der Waals surface area contributed by atoms with Gasteiger partial charge in [-0.1, -0.05) is 29.8 Å². The number of ether oxygens (including phenoxy) is 2. The number of rotatable bonds is 9. The molecule has 2 aromatic carbocycles. The number of amides is 1. The van der Waals surface area contributed by atoms with Crippen molar-refractivity contribution in [1.82, 2.24) is 0 Å². The Morgan fingerprint density at radius 3 is 2.54 bits per heavy atom. The summed E-state index contributed by atoms with van der Waals surface area (Å²) < 4.78 is 10.7. The van der Waals surface area contributed by atoms with Gasteiger partial charge < -0.3 is 14.8 Å². The molecule has 0 unspecified atom stereocenters. The van der Waals surface area contributed by atoms with Crippen molar-refractivity contribution in [3.8, 4) is 5.75 Å². The molecule has 1 amide bonds. The zero-order chi connectivity index (χ0) is 18.8. The Labute approximate surface area is 162 Å². The Hall–Kier alpha value is -2.18. The van der Waals surface area contributed by atoms with Crippen LogP contribution < -0.4 is 10.1 Å². The molecular weight excluding hydrogens is 374 g/mol. The topological polar surface area (TPSA) is 64.6 Å². The summed E-state index contributed by atoms with van der Waals surface area (Å²) in [5.41, 5.74) is 1.48. The molecule has 2 aromatic rings. The molecule has 5 nitrogen and oxygen atoms in total. The predicted molar refractivity (Wildman–Crippen MR) is 105 cm³/mol. The minimum absolute atomic E-state index is 0.102. The molecule has 0 aromatic heterocycles. The number of anilines is 1. The van der Waals surface area contributed by atoms with Crippen molar-refractivity contribution in [2.75, 3.05) is 23.4 Å². The lowest BCUT2D eigenvalue weighted by Gasteiger charge is -2.10. The molecule has 0 heterocycles. The van der Waals surface area contributed by atoms with E-state index in [0.717, 1.165) is 5.56 Å². The lowest BCUT2D eigenvalue weighted by atomic mass is 10.2. The molecule has 0 saturated heterocycles. The van der Waals surface area contributed by atoms with Gasteiger partial charge in [0.25, 0.3) is 0 Å². The summed E-state index contributed by atoms with van der Waals surface area (Å²) >= 11 is 6.99. The average molecular weight is 394 g/mol. The molecule has 0 aliphatic rings. The van der Waals surface area contributed by atoms with Crippen LogP contribution in [0.5, 0.6) is 5.75 Å². The maximum atomic E-state index is 11.8. The van der Waals surface area contributed by atoms with E-state index in [-0.39, 0.29) is 30.0 Å². The Bertz CT molecular complexity index is 737. The highest BCUT2D eigenvalue weighted by molar-refractivity contribution is 8.00. The number of hydrogen-bond donors (Lipinski definition) is 1. The lowest BCUT2D eigenvalue weighted by Crippen LogP contribution is -2.16. The highest BCUT2D eigenvalue weighted by atomic mass is 35.5. The van der Waals surface area contributed by atoms with Crippen molar-refractivity contribution < 1.29 is 19.1 Å². The number of thioether (sulfide) groups is 1. The van der Waals surface area contributed by atoms with Crippen LogP contribution in [0.3, 0.4) is 0 Å². The van der Waals surface area contributed by atoms with E-state index < -0.39 is 0 Å². The number of halogens is 1. The van der Waals surface area contributed by atoms with E-state index >= 15 is 0 Å². The number of esters is 1. The smallest absolute Gasteiger partial charge is 0.316 e. The zero-order valence-electron chi connectivity index (χ0n) is 14.4. The van der Waals surface area contributed by atoms with Crippen LogP contribution in [0.25, 0.3) is 0 Å². The lowest BCUT2D eigenvalue weighted by molar-refractivity contribution is -0.141. The van der Waals surface area contributed by atoms with Crippen LogP contribution in [-0.2, 0) is 20.9 Å². The fraction of sp³-hybridized carbons (Fsp3) is 0.263. The molecule has 0 saturated carbocycles. The van der Waals surface area contributed by atoms with E-state index in [1.54, 1.807) is 24.3 Å². The predicted octanol–water partition coefficient (Wildman–Crippen LogP) is 4.15. The largest absolute Gasteiger partial charge is 0.493 e. The summed E-state index contributed by atoms with van der Waals surface area (Å²) in [6, 6.07) is 14.2. The SMILES string of the molecule is CCOc1ccccc1COC(=O)CSCC(=O)Nc1ccc(Cl)cc1. The third-order valence-electron chi connectivity index (χ3n) is 3.24. The van der Waals surface area contributed by atoms with Crippen LogP contribution in [0.1, 0.15) is 12.5 Å². The van der Waals surface area contributed by atoms with Crippen LogP contribution in [-0.4, -0.2) is 30.0 Å². The second-order valence-corrected chi connectivity index (χ2v) is 6.67. The second kappa shape index (κ2) is 10.7. The van der Waals surface area contributed by atoms with Gasteiger partial charge in [0.05, 0.1) is 18.1 Å². The van der Waals surface area contributed by atoms with Crippen LogP contribution in [0, 0.1) is 0 Å². The summed E-state index contributed by atoms with van der Waals surface area (Å²) in [6.07, 6.45) is 0. The molecule has 138 valence electrons. The molecule has 26 heavy (non-hydrogen) atoms. The van der Waals surface area contributed by atoms with Gasteiger partial charge in [-0.15, -0.1) is 11.8 Å². The Morgan fingerprint density at radius 1 is 1.08 bits per heavy atom. The Morgan fingerprint density at radius 2 is 1.81 bits per heavy atom. The highest BCUT2D eigenvalue weighted by Crippen LogP contribution is 2.19. The van der Waals surface area contributed by atoms with Crippen molar-refractivity contribution in [2.24, 2.45) is 0 Å². The third-order valence-corrected chi connectivity index (χ3v) is 4.40.